The van der Waals surface area contributed by atoms with Crippen molar-refractivity contribution >= 4 is 17.3 Å². The summed E-state index contributed by atoms with van der Waals surface area (Å²) in [4.78, 5) is 16.1. The molecular formula is C13H19NO3S. The van der Waals surface area contributed by atoms with E-state index in [0.717, 1.165) is 35.6 Å². The van der Waals surface area contributed by atoms with Crippen molar-refractivity contribution < 1.29 is 14.6 Å². The van der Waals surface area contributed by atoms with Gasteiger partial charge in [-0.3, -0.25) is 0 Å². The van der Waals surface area contributed by atoms with E-state index in [-0.39, 0.29) is 11.3 Å². The summed E-state index contributed by atoms with van der Waals surface area (Å²) in [6.07, 6.45) is 4.07. The van der Waals surface area contributed by atoms with Crippen LogP contribution in [0.4, 0.5) is 0 Å². The number of carbonyl (C=O) groups is 1. The first-order valence-corrected chi connectivity index (χ1v) is 7.06. The summed E-state index contributed by atoms with van der Waals surface area (Å²) in [6.45, 7) is 4.05. The zero-order valence-corrected chi connectivity index (χ0v) is 11.8. The molecule has 2 rings (SSSR count). The summed E-state index contributed by atoms with van der Waals surface area (Å²) >= 11 is 1.46. The highest BCUT2D eigenvalue weighted by Crippen LogP contribution is 2.43. The van der Waals surface area contributed by atoms with Crippen LogP contribution in [-0.2, 0) is 10.3 Å². The second-order valence-corrected chi connectivity index (χ2v) is 6.31. The molecule has 0 radical (unpaired) electrons. The molecule has 1 aromatic heterocycles. The molecule has 0 spiro atoms. The van der Waals surface area contributed by atoms with E-state index in [2.05, 4.69) is 11.9 Å². The van der Waals surface area contributed by atoms with E-state index in [0.29, 0.717) is 5.92 Å². The lowest BCUT2D eigenvalue weighted by Crippen LogP contribution is -2.33. The van der Waals surface area contributed by atoms with Crippen LogP contribution in [0.1, 0.15) is 53.0 Å². The number of rotatable bonds is 3. The molecule has 1 fully saturated rings. The minimum absolute atomic E-state index is 0.171. The maximum atomic E-state index is 11.1. The largest absolute Gasteiger partial charge is 0.476 e. The van der Waals surface area contributed by atoms with Crippen molar-refractivity contribution in [1.29, 1.82) is 0 Å². The molecule has 0 aromatic carbocycles. The number of ether oxygens (including phenoxy) is 1. The minimum Gasteiger partial charge on any atom is -0.476 e. The number of aromatic carboxylic acids is 1. The number of aryl methyl sites for hydroxylation is 1. The van der Waals surface area contributed by atoms with Crippen molar-refractivity contribution in [3.63, 3.8) is 0 Å². The number of thiazole rings is 1. The van der Waals surface area contributed by atoms with Crippen LogP contribution < -0.4 is 0 Å². The maximum absolute atomic E-state index is 11.1. The lowest BCUT2D eigenvalue weighted by Gasteiger charge is -2.36. The van der Waals surface area contributed by atoms with E-state index >= 15 is 0 Å². The predicted molar refractivity (Wildman–Crippen MR) is 70.1 cm³/mol. The highest BCUT2D eigenvalue weighted by atomic mass is 32.1. The maximum Gasteiger partial charge on any atom is 0.355 e. The van der Waals surface area contributed by atoms with Crippen molar-refractivity contribution in [2.24, 2.45) is 5.92 Å². The third kappa shape index (κ3) is 2.29. The van der Waals surface area contributed by atoms with Crippen LogP contribution in [-0.4, -0.2) is 23.2 Å². The number of carboxylic acids is 1. The lowest BCUT2D eigenvalue weighted by molar-refractivity contribution is -0.0531. The number of methoxy groups -OCH3 is 1. The Hall–Kier alpha value is -0.940. The van der Waals surface area contributed by atoms with Gasteiger partial charge < -0.3 is 9.84 Å². The SMILES string of the molecule is COC1(c2nc(C(=O)O)c(C)s2)CCC(C)CC1. The fourth-order valence-electron chi connectivity index (χ4n) is 2.52. The van der Waals surface area contributed by atoms with Crippen LogP contribution in [0.25, 0.3) is 0 Å². The number of aromatic nitrogens is 1. The minimum atomic E-state index is -0.953. The van der Waals surface area contributed by atoms with Crippen molar-refractivity contribution in [3.8, 4) is 0 Å². The molecule has 100 valence electrons. The van der Waals surface area contributed by atoms with Gasteiger partial charge in [0.15, 0.2) is 5.69 Å². The normalized spacial score (nSPS) is 28.3. The van der Waals surface area contributed by atoms with Crippen molar-refractivity contribution in [2.45, 2.75) is 45.1 Å². The van der Waals surface area contributed by atoms with Gasteiger partial charge in [-0.05, 0) is 38.5 Å². The van der Waals surface area contributed by atoms with E-state index in [4.69, 9.17) is 9.84 Å². The first kappa shape index (κ1) is 13.5. The van der Waals surface area contributed by atoms with Crippen LogP contribution in [0.2, 0.25) is 0 Å². The summed E-state index contributed by atoms with van der Waals surface area (Å²) < 4.78 is 5.72. The van der Waals surface area contributed by atoms with Gasteiger partial charge in [-0.1, -0.05) is 6.92 Å². The topological polar surface area (TPSA) is 59.4 Å². The zero-order chi connectivity index (χ0) is 13.3. The first-order valence-electron chi connectivity index (χ1n) is 6.25. The molecule has 1 saturated carbocycles. The van der Waals surface area contributed by atoms with Gasteiger partial charge in [0.05, 0.1) is 0 Å². The Kier molecular flexibility index (Phi) is 3.73. The molecule has 0 bridgehead atoms. The molecule has 0 amide bonds. The Balaban J connectivity index is 2.33. The Labute approximate surface area is 111 Å². The van der Waals surface area contributed by atoms with Gasteiger partial charge in [0.2, 0.25) is 0 Å². The summed E-state index contributed by atoms with van der Waals surface area (Å²) in [5, 5.41) is 9.91. The third-order valence-electron chi connectivity index (χ3n) is 3.86. The second-order valence-electron chi connectivity index (χ2n) is 5.11. The molecule has 5 heteroatoms. The van der Waals surface area contributed by atoms with Crippen molar-refractivity contribution in [1.82, 2.24) is 4.98 Å². The predicted octanol–water partition coefficient (Wildman–Crippen LogP) is 3.20. The summed E-state index contributed by atoms with van der Waals surface area (Å²) in [5.41, 5.74) is -0.194. The molecule has 1 aliphatic carbocycles. The highest BCUT2D eigenvalue weighted by Gasteiger charge is 2.39. The van der Waals surface area contributed by atoms with E-state index < -0.39 is 5.97 Å². The number of hydrogen-bond acceptors (Lipinski definition) is 4. The van der Waals surface area contributed by atoms with Gasteiger partial charge in [0, 0.05) is 12.0 Å². The lowest BCUT2D eigenvalue weighted by atomic mass is 9.80. The fourth-order valence-corrected chi connectivity index (χ4v) is 3.65. The Morgan fingerprint density at radius 1 is 1.50 bits per heavy atom. The van der Waals surface area contributed by atoms with Gasteiger partial charge in [-0.25, -0.2) is 9.78 Å². The standard InChI is InChI=1S/C13H19NO3S/c1-8-4-6-13(17-3,7-5-8)12-14-10(11(15)16)9(2)18-12/h8H,4-7H2,1-3H3,(H,15,16). The summed E-state index contributed by atoms with van der Waals surface area (Å²) in [6, 6.07) is 0. The average molecular weight is 269 g/mol. The molecular weight excluding hydrogens is 250 g/mol. The second kappa shape index (κ2) is 4.97. The third-order valence-corrected chi connectivity index (χ3v) is 5.02. The van der Waals surface area contributed by atoms with Crippen LogP contribution in [0.3, 0.4) is 0 Å². The average Bonchev–Trinajstić information content (AvgIpc) is 2.73. The molecule has 4 nitrogen and oxygen atoms in total. The number of nitrogens with zero attached hydrogens (tertiary/aromatic N) is 1. The van der Waals surface area contributed by atoms with Crippen molar-refractivity contribution in [3.05, 3.63) is 15.6 Å². The Morgan fingerprint density at radius 3 is 2.56 bits per heavy atom. The quantitative estimate of drug-likeness (QED) is 0.915. The molecule has 0 aliphatic heterocycles. The van der Waals surface area contributed by atoms with Crippen LogP contribution in [0.15, 0.2) is 0 Å². The molecule has 1 aromatic rings. The van der Waals surface area contributed by atoms with Gasteiger partial charge in [-0.2, -0.15) is 0 Å². The molecule has 0 unspecified atom stereocenters. The number of carboxylic acid groups (broad SMARTS) is 1. The van der Waals surface area contributed by atoms with Crippen molar-refractivity contribution in [2.75, 3.05) is 7.11 Å². The monoisotopic (exact) mass is 269 g/mol. The molecule has 1 aliphatic rings. The molecule has 0 saturated heterocycles. The molecule has 18 heavy (non-hydrogen) atoms. The highest BCUT2D eigenvalue weighted by molar-refractivity contribution is 7.12. The van der Waals surface area contributed by atoms with Crippen LogP contribution in [0.5, 0.6) is 0 Å². The Bertz CT molecular complexity index is 447. The zero-order valence-electron chi connectivity index (χ0n) is 11.0. The summed E-state index contributed by atoms with van der Waals surface area (Å²) in [5.74, 6) is -0.237. The smallest absolute Gasteiger partial charge is 0.355 e. The fraction of sp³-hybridized carbons (Fsp3) is 0.692. The first-order chi connectivity index (χ1) is 8.48. The summed E-state index contributed by atoms with van der Waals surface area (Å²) in [7, 11) is 1.70. The van der Waals surface area contributed by atoms with E-state index in [1.54, 1.807) is 14.0 Å². The Morgan fingerprint density at radius 2 is 2.11 bits per heavy atom. The molecule has 1 heterocycles. The van der Waals surface area contributed by atoms with E-state index in [1.165, 1.54) is 11.3 Å². The van der Waals surface area contributed by atoms with Gasteiger partial charge >= 0.3 is 5.97 Å². The van der Waals surface area contributed by atoms with Gasteiger partial charge in [0.25, 0.3) is 0 Å². The number of hydrogen-bond donors (Lipinski definition) is 1. The van der Waals surface area contributed by atoms with Crippen LogP contribution >= 0.6 is 11.3 Å². The van der Waals surface area contributed by atoms with Crippen LogP contribution in [0, 0.1) is 12.8 Å². The van der Waals surface area contributed by atoms with E-state index in [1.807, 2.05) is 0 Å². The van der Waals surface area contributed by atoms with E-state index in [9.17, 15) is 4.79 Å². The van der Waals surface area contributed by atoms with Gasteiger partial charge in [-0.15, -0.1) is 11.3 Å². The molecule has 0 atom stereocenters. The molecule has 1 N–H and O–H groups in total. The van der Waals surface area contributed by atoms with Gasteiger partial charge in [0.1, 0.15) is 10.6 Å².